The number of rotatable bonds is 2. The maximum atomic E-state index is 12.6. The molecule has 0 saturated heterocycles. The Bertz CT molecular complexity index is 713. The Morgan fingerprint density at radius 3 is 2.43 bits per heavy atom. The van der Waals surface area contributed by atoms with Crippen molar-refractivity contribution in [2.75, 3.05) is 18.9 Å². The summed E-state index contributed by atoms with van der Waals surface area (Å²) in [6.45, 7) is 0.962. The highest BCUT2D eigenvalue weighted by Crippen LogP contribution is 2.36. The van der Waals surface area contributed by atoms with Gasteiger partial charge in [0.15, 0.2) is 17.3 Å². The van der Waals surface area contributed by atoms with E-state index in [0.29, 0.717) is 51.0 Å². The van der Waals surface area contributed by atoms with Gasteiger partial charge in [0.05, 0.1) is 0 Å². The quantitative estimate of drug-likeness (QED) is 0.649. The van der Waals surface area contributed by atoms with Crippen molar-refractivity contribution in [3.8, 4) is 11.5 Å². The molecule has 1 aliphatic rings. The van der Waals surface area contributed by atoms with Gasteiger partial charge in [0.25, 0.3) is 0 Å². The molecule has 6 heteroatoms. The first kappa shape index (κ1) is 14.2. The molecule has 0 spiro atoms. The Labute approximate surface area is 134 Å². The molecule has 0 amide bonds. The van der Waals surface area contributed by atoms with Gasteiger partial charge in [-0.3, -0.25) is 4.79 Å². The molecular weight excluding hydrogens is 358 g/mol. The second-order valence-electron chi connectivity index (χ2n) is 4.58. The molecule has 0 radical (unpaired) electrons. The van der Waals surface area contributed by atoms with Gasteiger partial charge in [-0.05, 0) is 46.3 Å². The lowest BCUT2D eigenvalue weighted by atomic mass is 10.0. The van der Waals surface area contributed by atoms with Crippen LogP contribution in [-0.2, 0) is 0 Å². The van der Waals surface area contributed by atoms with E-state index in [-0.39, 0.29) is 5.78 Å². The fourth-order valence-corrected chi connectivity index (χ4v) is 2.88. The van der Waals surface area contributed by atoms with Crippen LogP contribution >= 0.6 is 27.5 Å². The number of carbonyl (C=O) groups is 1. The summed E-state index contributed by atoms with van der Waals surface area (Å²) >= 11 is 9.34. The maximum absolute atomic E-state index is 12.6. The number of hydrogen-bond acceptors (Lipinski definition) is 4. The fourth-order valence-electron chi connectivity index (χ4n) is 2.14. The molecule has 2 aromatic carbocycles. The van der Waals surface area contributed by atoms with Gasteiger partial charge in [0.1, 0.15) is 13.2 Å². The standard InChI is InChI=1S/C15H11BrClNO3/c16-12-7-14-13(20-1-2-21-14)6-11(12)15(19)8-3-9(17)5-10(18)4-8/h3-7H,1-2,18H2. The van der Waals surface area contributed by atoms with Gasteiger partial charge < -0.3 is 15.2 Å². The highest BCUT2D eigenvalue weighted by molar-refractivity contribution is 9.10. The number of anilines is 1. The molecule has 2 N–H and O–H groups in total. The van der Waals surface area contributed by atoms with Crippen molar-refractivity contribution in [2.45, 2.75) is 0 Å². The summed E-state index contributed by atoms with van der Waals surface area (Å²) in [4.78, 5) is 12.6. The van der Waals surface area contributed by atoms with Crippen LogP contribution in [-0.4, -0.2) is 19.0 Å². The minimum atomic E-state index is -0.187. The van der Waals surface area contributed by atoms with Crippen molar-refractivity contribution in [1.29, 1.82) is 0 Å². The summed E-state index contributed by atoms with van der Waals surface area (Å²) < 4.78 is 11.6. The number of ketones is 1. The largest absolute Gasteiger partial charge is 0.486 e. The first-order chi connectivity index (χ1) is 10.0. The van der Waals surface area contributed by atoms with Crippen molar-refractivity contribution in [3.05, 3.63) is 51.0 Å². The zero-order valence-electron chi connectivity index (χ0n) is 10.9. The number of nitrogens with two attached hydrogens (primary N) is 1. The zero-order chi connectivity index (χ0) is 15.0. The van der Waals surface area contributed by atoms with E-state index in [2.05, 4.69) is 15.9 Å². The first-order valence-electron chi connectivity index (χ1n) is 6.24. The highest BCUT2D eigenvalue weighted by atomic mass is 79.9. The number of hydrogen-bond donors (Lipinski definition) is 1. The molecule has 0 atom stereocenters. The second kappa shape index (κ2) is 5.58. The van der Waals surface area contributed by atoms with Gasteiger partial charge in [-0.2, -0.15) is 0 Å². The van der Waals surface area contributed by atoms with Crippen LogP contribution in [0.1, 0.15) is 15.9 Å². The second-order valence-corrected chi connectivity index (χ2v) is 5.87. The molecule has 1 heterocycles. The van der Waals surface area contributed by atoms with Crippen molar-refractivity contribution in [3.63, 3.8) is 0 Å². The molecule has 0 saturated carbocycles. The Morgan fingerprint density at radius 1 is 1.10 bits per heavy atom. The van der Waals surface area contributed by atoms with E-state index in [1.807, 2.05) is 0 Å². The van der Waals surface area contributed by atoms with E-state index in [1.54, 1.807) is 30.3 Å². The molecule has 0 aromatic heterocycles. The molecular formula is C15H11BrClNO3. The maximum Gasteiger partial charge on any atom is 0.194 e. The van der Waals surface area contributed by atoms with Crippen LogP contribution in [0.3, 0.4) is 0 Å². The third-order valence-electron chi connectivity index (χ3n) is 3.06. The summed E-state index contributed by atoms with van der Waals surface area (Å²) in [7, 11) is 0. The molecule has 108 valence electrons. The van der Waals surface area contributed by atoms with Crippen molar-refractivity contribution in [2.24, 2.45) is 0 Å². The smallest absolute Gasteiger partial charge is 0.194 e. The van der Waals surface area contributed by atoms with Crippen LogP contribution < -0.4 is 15.2 Å². The van der Waals surface area contributed by atoms with Crippen molar-refractivity contribution < 1.29 is 14.3 Å². The average molecular weight is 369 g/mol. The summed E-state index contributed by atoms with van der Waals surface area (Å²) in [5, 5.41) is 0.423. The van der Waals surface area contributed by atoms with Crippen LogP contribution in [0.25, 0.3) is 0 Å². The predicted octanol–water partition coefficient (Wildman–Crippen LogP) is 3.69. The van der Waals surface area contributed by atoms with Gasteiger partial charge in [-0.1, -0.05) is 11.6 Å². The van der Waals surface area contributed by atoms with E-state index in [1.165, 1.54) is 0 Å². The first-order valence-corrected chi connectivity index (χ1v) is 7.41. The molecule has 21 heavy (non-hydrogen) atoms. The molecule has 0 bridgehead atoms. The fraction of sp³-hybridized carbons (Fsp3) is 0.133. The summed E-state index contributed by atoms with van der Waals surface area (Å²) in [5.74, 6) is 0.992. The van der Waals surface area contributed by atoms with Gasteiger partial charge in [-0.15, -0.1) is 0 Å². The van der Waals surface area contributed by atoms with Gasteiger partial charge >= 0.3 is 0 Å². The van der Waals surface area contributed by atoms with Crippen LogP contribution in [0.5, 0.6) is 11.5 Å². The zero-order valence-corrected chi connectivity index (χ0v) is 13.2. The van der Waals surface area contributed by atoms with Crippen molar-refractivity contribution in [1.82, 2.24) is 0 Å². The van der Waals surface area contributed by atoms with E-state index >= 15 is 0 Å². The van der Waals surface area contributed by atoms with E-state index in [4.69, 9.17) is 26.8 Å². The lowest BCUT2D eigenvalue weighted by molar-refractivity contribution is 0.103. The monoisotopic (exact) mass is 367 g/mol. The summed E-state index contributed by atoms with van der Waals surface area (Å²) in [6.07, 6.45) is 0. The van der Waals surface area contributed by atoms with E-state index in [0.717, 1.165) is 0 Å². The van der Waals surface area contributed by atoms with Crippen LogP contribution in [0.15, 0.2) is 34.8 Å². The Kier molecular flexibility index (Phi) is 3.78. The number of halogens is 2. The average Bonchev–Trinajstić information content (AvgIpc) is 2.44. The molecule has 2 aromatic rings. The highest BCUT2D eigenvalue weighted by Gasteiger charge is 2.20. The summed E-state index contributed by atoms with van der Waals surface area (Å²) in [5.41, 5.74) is 7.08. The number of benzene rings is 2. The number of nitrogen functional groups attached to an aromatic ring is 1. The summed E-state index contributed by atoms with van der Waals surface area (Å²) in [6, 6.07) is 8.17. The molecule has 0 unspecified atom stereocenters. The Morgan fingerprint density at radius 2 is 1.76 bits per heavy atom. The third kappa shape index (κ3) is 2.84. The number of ether oxygens (including phenoxy) is 2. The van der Waals surface area contributed by atoms with Gasteiger partial charge in [0.2, 0.25) is 0 Å². The third-order valence-corrected chi connectivity index (χ3v) is 3.93. The van der Waals surface area contributed by atoms with Gasteiger partial charge in [-0.25, -0.2) is 0 Å². The van der Waals surface area contributed by atoms with Crippen LogP contribution in [0, 0.1) is 0 Å². The lowest BCUT2D eigenvalue weighted by Crippen LogP contribution is -2.16. The molecule has 1 aliphatic heterocycles. The van der Waals surface area contributed by atoms with Crippen molar-refractivity contribution >= 4 is 39.0 Å². The number of carbonyl (C=O) groups excluding carboxylic acids is 1. The molecule has 0 fully saturated rings. The lowest BCUT2D eigenvalue weighted by Gasteiger charge is -2.19. The predicted molar refractivity (Wildman–Crippen MR) is 84.4 cm³/mol. The topological polar surface area (TPSA) is 61.6 Å². The minimum absolute atomic E-state index is 0.187. The van der Waals surface area contributed by atoms with E-state index < -0.39 is 0 Å². The van der Waals surface area contributed by atoms with Crippen LogP contribution in [0.2, 0.25) is 5.02 Å². The molecule has 3 rings (SSSR count). The Hall–Kier alpha value is -1.72. The molecule has 4 nitrogen and oxygen atoms in total. The molecule has 0 aliphatic carbocycles. The van der Waals surface area contributed by atoms with Gasteiger partial charge in [0, 0.05) is 26.3 Å². The normalized spacial score (nSPS) is 13.0. The SMILES string of the molecule is Nc1cc(Cl)cc(C(=O)c2cc3c(cc2Br)OCCO3)c1. The number of fused-ring (bicyclic) bond motifs is 1. The van der Waals surface area contributed by atoms with Crippen LogP contribution in [0.4, 0.5) is 5.69 Å². The minimum Gasteiger partial charge on any atom is -0.486 e. The van der Waals surface area contributed by atoms with E-state index in [9.17, 15) is 4.79 Å². The Balaban J connectivity index is 2.05.